The summed E-state index contributed by atoms with van der Waals surface area (Å²) < 4.78 is 63.6. The second-order valence-electron chi connectivity index (χ2n) is 13.0. The summed E-state index contributed by atoms with van der Waals surface area (Å²) in [5, 5.41) is 0.464. The van der Waals surface area contributed by atoms with Crippen LogP contribution in [0, 0.1) is 0 Å². The van der Waals surface area contributed by atoms with Crippen LogP contribution in [0.25, 0.3) is 22.4 Å². The van der Waals surface area contributed by atoms with Gasteiger partial charge in [0.25, 0.3) is 0 Å². The highest BCUT2D eigenvalue weighted by Crippen LogP contribution is 2.42. The maximum Gasteiger partial charge on any atom is 0.243 e. The van der Waals surface area contributed by atoms with E-state index in [-0.39, 0.29) is 17.5 Å². The van der Waals surface area contributed by atoms with E-state index in [1.165, 1.54) is 0 Å². The van der Waals surface area contributed by atoms with Gasteiger partial charge in [0.05, 0.1) is 53.2 Å². The molecule has 1 aliphatic heterocycles. The zero-order chi connectivity index (χ0) is 39.1. The highest BCUT2D eigenvalue weighted by Gasteiger charge is 2.34. The van der Waals surface area contributed by atoms with Gasteiger partial charge in [-0.05, 0) is 96.3 Å². The molecule has 0 atom stereocenters. The van der Waals surface area contributed by atoms with E-state index in [1.54, 1.807) is 89.8 Å². The minimum atomic E-state index is -3.92. The normalized spacial score (nSPS) is 13.7. The van der Waals surface area contributed by atoms with Crippen molar-refractivity contribution in [2.45, 2.75) is 36.9 Å². The number of hydrogen-bond donors (Lipinski definition) is 0. The first kappa shape index (κ1) is 39.6. The van der Waals surface area contributed by atoms with Gasteiger partial charge in [0.2, 0.25) is 21.5 Å². The Bertz CT molecular complexity index is 2160. The lowest BCUT2D eigenvalue weighted by Gasteiger charge is -2.38. The summed E-state index contributed by atoms with van der Waals surface area (Å²) in [7, 11) is 5.50. The number of ether oxygens (including phenoxy) is 6. The van der Waals surface area contributed by atoms with Gasteiger partial charge in [-0.15, -0.1) is 0 Å². The smallest absolute Gasteiger partial charge is 0.243 e. The van der Waals surface area contributed by atoms with Crippen molar-refractivity contribution in [2.75, 3.05) is 55.7 Å². The number of nitrogens with zero attached hydrogens (tertiary/aromatic N) is 4. The van der Waals surface area contributed by atoms with Crippen LogP contribution in [0.2, 0.25) is 5.02 Å². The quantitative estimate of drug-likeness (QED) is 0.106. The van der Waals surface area contributed by atoms with Gasteiger partial charge < -0.3 is 28.4 Å². The van der Waals surface area contributed by atoms with Gasteiger partial charge in [-0.2, -0.15) is 4.31 Å². The lowest BCUT2D eigenvalue weighted by Crippen LogP contribution is -2.46. The van der Waals surface area contributed by atoms with Crippen LogP contribution in [-0.4, -0.2) is 89.4 Å². The molecule has 2 aromatic heterocycles. The summed E-state index contributed by atoms with van der Waals surface area (Å²) in [6.07, 6.45) is 6.50. The van der Waals surface area contributed by atoms with Gasteiger partial charge in [0.1, 0.15) is 0 Å². The van der Waals surface area contributed by atoms with E-state index in [4.69, 9.17) is 40.0 Å². The molecule has 3 heterocycles. The second kappa shape index (κ2) is 17.6. The molecule has 1 fully saturated rings. The first-order valence-electron chi connectivity index (χ1n) is 17.6. The van der Waals surface area contributed by atoms with E-state index in [0.717, 1.165) is 33.5 Å². The molecule has 12 nitrogen and oxygen atoms in total. The molecule has 5 aromatic rings. The van der Waals surface area contributed by atoms with Crippen LogP contribution >= 0.6 is 11.6 Å². The minimum absolute atomic E-state index is 0.128. The van der Waals surface area contributed by atoms with Crippen molar-refractivity contribution < 1.29 is 36.8 Å². The molecule has 0 bridgehead atoms. The molecule has 0 radical (unpaired) electrons. The zero-order valence-corrected chi connectivity index (χ0v) is 33.3. The molecule has 290 valence electrons. The Morgan fingerprint density at radius 1 is 0.691 bits per heavy atom. The molecule has 1 aliphatic rings. The summed E-state index contributed by atoms with van der Waals surface area (Å²) in [4.78, 5) is 11.7. The van der Waals surface area contributed by atoms with Gasteiger partial charge in [-0.3, -0.25) is 14.9 Å². The van der Waals surface area contributed by atoms with E-state index >= 15 is 0 Å². The number of pyridine rings is 2. The molecule has 0 spiro atoms. The number of hydrogen-bond acceptors (Lipinski definition) is 11. The molecule has 6 rings (SSSR count). The molecule has 0 unspecified atom stereocenters. The van der Waals surface area contributed by atoms with Crippen molar-refractivity contribution in [3.8, 4) is 56.9 Å². The molecule has 3 aromatic carbocycles. The standard InChI is InChI=1S/C41H45ClN4O8S/c1-49-36-19-29(20-37(50-2)40(36)53-5)31-17-28(23-43-24-31)26-46(55(47,48)34-9-7-32(42)8-10-34)33-12-15-45(16-13-33)25-27-11-14-44-35(18-27)30-21-38(51-3)41(54-6)39(22-30)52-4/h7-11,14,17-24,33H,12-13,15-16,25-26H2,1-6H3. The van der Waals surface area contributed by atoms with Gasteiger partial charge in [0, 0.05) is 67.0 Å². The van der Waals surface area contributed by atoms with Crippen LogP contribution < -0.4 is 28.4 Å². The molecule has 1 saturated heterocycles. The number of benzene rings is 3. The van der Waals surface area contributed by atoms with E-state index in [1.807, 2.05) is 36.4 Å². The summed E-state index contributed by atoms with van der Waals surface area (Å²) in [6, 6.07) is 19.5. The summed E-state index contributed by atoms with van der Waals surface area (Å²) in [5.74, 6) is 3.10. The van der Waals surface area contributed by atoms with Crippen molar-refractivity contribution >= 4 is 21.6 Å². The predicted octanol–water partition coefficient (Wildman–Crippen LogP) is 7.37. The number of aromatic nitrogens is 2. The molecule has 0 N–H and O–H groups in total. The molecular weight excluding hydrogens is 744 g/mol. The number of likely N-dealkylation sites (tertiary alicyclic amines) is 1. The average molecular weight is 789 g/mol. The van der Waals surface area contributed by atoms with Crippen molar-refractivity contribution in [1.82, 2.24) is 19.2 Å². The van der Waals surface area contributed by atoms with Gasteiger partial charge in [0.15, 0.2) is 23.0 Å². The fourth-order valence-electron chi connectivity index (χ4n) is 6.90. The average Bonchev–Trinajstić information content (AvgIpc) is 3.22. The van der Waals surface area contributed by atoms with E-state index in [2.05, 4.69) is 20.9 Å². The summed E-state index contributed by atoms with van der Waals surface area (Å²) in [6.45, 7) is 2.20. The van der Waals surface area contributed by atoms with E-state index in [9.17, 15) is 8.42 Å². The van der Waals surface area contributed by atoms with Crippen LogP contribution in [0.4, 0.5) is 0 Å². The van der Waals surface area contributed by atoms with Crippen molar-refractivity contribution in [3.63, 3.8) is 0 Å². The van der Waals surface area contributed by atoms with Crippen LogP contribution in [0.15, 0.2) is 90.2 Å². The number of rotatable bonds is 15. The third-order valence-electron chi connectivity index (χ3n) is 9.71. The highest BCUT2D eigenvalue weighted by atomic mass is 35.5. The SMILES string of the molecule is COc1cc(-c2cncc(CN(C3CCN(Cc4ccnc(-c5cc(OC)c(OC)c(OC)c5)c4)CC3)S(=O)(=O)c3ccc(Cl)cc3)c2)cc(OC)c1OC. The molecular formula is C41H45ClN4O8S. The first-order chi connectivity index (χ1) is 26.6. The minimum Gasteiger partial charge on any atom is -0.493 e. The Morgan fingerprint density at radius 2 is 1.25 bits per heavy atom. The number of piperidine rings is 1. The summed E-state index contributed by atoms with van der Waals surface area (Å²) in [5.41, 5.74) is 4.99. The lowest BCUT2D eigenvalue weighted by molar-refractivity contribution is 0.150. The Hall–Kier alpha value is -5.08. The van der Waals surface area contributed by atoms with Gasteiger partial charge in [-0.1, -0.05) is 11.6 Å². The molecule has 0 saturated carbocycles. The largest absolute Gasteiger partial charge is 0.493 e. The summed E-state index contributed by atoms with van der Waals surface area (Å²) >= 11 is 6.16. The zero-order valence-electron chi connectivity index (χ0n) is 31.7. The van der Waals surface area contributed by atoms with Crippen LogP contribution in [0.5, 0.6) is 34.5 Å². The van der Waals surface area contributed by atoms with Crippen LogP contribution in [-0.2, 0) is 23.1 Å². The third kappa shape index (κ3) is 8.75. The number of methoxy groups -OCH3 is 6. The lowest BCUT2D eigenvalue weighted by atomic mass is 10.0. The van der Waals surface area contributed by atoms with Crippen LogP contribution in [0.1, 0.15) is 24.0 Å². The number of halogens is 1. The molecule has 14 heteroatoms. The molecule has 0 amide bonds. The maximum atomic E-state index is 14.4. The van der Waals surface area contributed by atoms with Crippen LogP contribution in [0.3, 0.4) is 0 Å². The fourth-order valence-corrected chi connectivity index (χ4v) is 8.69. The third-order valence-corrected chi connectivity index (χ3v) is 11.9. The van der Waals surface area contributed by atoms with Crippen molar-refractivity contribution in [2.24, 2.45) is 0 Å². The Balaban J connectivity index is 1.23. The Labute approximate surface area is 327 Å². The number of sulfonamides is 1. The monoisotopic (exact) mass is 788 g/mol. The maximum absolute atomic E-state index is 14.4. The van der Waals surface area contributed by atoms with Crippen molar-refractivity contribution in [1.29, 1.82) is 0 Å². The molecule has 55 heavy (non-hydrogen) atoms. The van der Waals surface area contributed by atoms with Gasteiger partial charge >= 0.3 is 0 Å². The topological polar surface area (TPSA) is 122 Å². The van der Waals surface area contributed by atoms with Crippen molar-refractivity contribution in [3.05, 3.63) is 101 Å². The Morgan fingerprint density at radius 3 is 1.80 bits per heavy atom. The first-order valence-corrected chi connectivity index (χ1v) is 19.4. The van der Waals surface area contributed by atoms with E-state index in [0.29, 0.717) is 72.0 Å². The van der Waals surface area contributed by atoms with Gasteiger partial charge in [-0.25, -0.2) is 8.42 Å². The highest BCUT2D eigenvalue weighted by molar-refractivity contribution is 7.89. The molecule has 0 aliphatic carbocycles. The second-order valence-corrected chi connectivity index (χ2v) is 15.3. The predicted molar refractivity (Wildman–Crippen MR) is 211 cm³/mol. The fraction of sp³-hybridized carbons (Fsp3) is 0.317. The Kier molecular flexibility index (Phi) is 12.7. The van der Waals surface area contributed by atoms with E-state index < -0.39 is 10.0 Å².